The van der Waals surface area contributed by atoms with Gasteiger partial charge in [0.05, 0.1) is 11.9 Å². The van der Waals surface area contributed by atoms with Crippen LogP contribution in [0.25, 0.3) is 11.5 Å². The van der Waals surface area contributed by atoms with Crippen molar-refractivity contribution in [3.8, 4) is 11.5 Å². The van der Waals surface area contributed by atoms with E-state index in [-0.39, 0.29) is 0 Å². The van der Waals surface area contributed by atoms with Gasteiger partial charge in [0.1, 0.15) is 5.69 Å². The highest BCUT2D eigenvalue weighted by Crippen LogP contribution is 2.15. The molecule has 0 aromatic rings. The van der Waals surface area contributed by atoms with E-state index >= 15 is 0 Å². The lowest BCUT2D eigenvalue weighted by Gasteiger charge is -2.07. The summed E-state index contributed by atoms with van der Waals surface area (Å²) < 4.78 is 0. The smallest absolute Gasteiger partial charge is 0.343 e. The molecule has 0 aliphatic carbocycles. The molecule has 5 heteroatoms. The topological polar surface area (TPSA) is 71.5 Å². The average Bonchev–Trinajstić information content (AvgIpc) is 2.16. The highest BCUT2D eigenvalue weighted by Gasteiger charge is 2.09. The van der Waals surface area contributed by atoms with Gasteiger partial charge in [-0.3, -0.25) is 0 Å². The standard InChI is InChI=1S/C9H10N4O/c1-5(2)6-3-10-8-7(12-6)4-11-9(14)13-8/h3-5H,1-2H3,(H,10,11,13,14). The molecule has 2 rings (SSSR count). The van der Waals surface area contributed by atoms with Gasteiger partial charge in [-0.25, -0.2) is 9.78 Å². The van der Waals surface area contributed by atoms with Gasteiger partial charge >= 0.3 is 5.69 Å². The summed E-state index contributed by atoms with van der Waals surface area (Å²) >= 11 is 0. The third kappa shape index (κ3) is 1.48. The van der Waals surface area contributed by atoms with Crippen LogP contribution in [0, 0.1) is 0 Å². The van der Waals surface area contributed by atoms with Gasteiger partial charge in [-0.2, -0.15) is 9.97 Å². The van der Waals surface area contributed by atoms with Crippen molar-refractivity contribution in [1.29, 1.82) is 0 Å². The third-order valence-corrected chi connectivity index (χ3v) is 1.95. The molecule has 0 aromatic heterocycles. The first-order valence-electron chi connectivity index (χ1n) is 4.39. The average molecular weight is 190 g/mol. The second-order valence-corrected chi connectivity index (χ2v) is 3.37. The Morgan fingerprint density at radius 2 is 2.14 bits per heavy atom. The van der Waals surface area contributed by atoms with Gasteiger partial charge < -0.3 is 4.98 Å². The molecule has 0 fully saturated rings. The maximum absolute atomic E-state index is 10.8. The van der Waals surface area contributed by atoms with E-state index < -0.39 is 5.69 Å². The summed E-state index contributed by atoms with van der Waals surface area (Å²) in [6.07, 6.45) is 3.20. The van der Waals surface area contributed by atoms with Crippen molar-refractivity contribution in [2.45, 2.75) is 19.8 Å². The number of hydrogen-bond donors (Lipinski definition) is 1. The van der Waals surface area contributed by atoms with Crippen molar-refractivity contribution in [3.63, 3.8) is 0 Å². The molecule has 0 radical (unpaired) electrons. The molecule has 14 heavy (non-hydrogen) atoms. The molecule has 0 saturated carbocycles. The van der Waals surface area contributed by atoms with Crippen LogP contribution >= 0.6 is 0 Å². The molecule has 2 aliphatic heterocycles. The monoisotopic (exact) mass is 190 g/mol. The first kappa shape index (κ1) is 8.80. The number of rotatable bonds is 1. The minimum absolute atomic E-state index is 0.336. The normalized spacial score (nSPS) is 11.1. The van der Waals surface area contributed by atoms with Crippen molar-refractivity contribution >= 4 is 0 Å². The van der Waals surface area contributed by atoms with E-state index in [2.05, 4.69) is 19.9 Å². The van der Waals surface area contributed by atoms with Gasteiger partial charge in [0, 0.05) is 6.20 Å². The molecular formula is C9H10N4O. The Morgan fingerprint density at radius 1 is 1.36 bits per heavy atom. The van der Waals surface area contributed by atoms with Crippen LogP contribution in [0.5, 0.6) is 0 Å². The van der Waals surface area contributed by atoms with Crippen LogP contribution in [0.15, 0.2) is 17.2 Å². The van der Waals surface area contributed by atoms with Crippen molar-refractivity contribution < 1.29 is 0 Å². The van der Waals surface area contributed by atoms with Crippen LogP contribution in [-0.2, 0) is 0 Å². The number of aromatic nitrogens is 4. The highest BCUT2D eigenvalue weighted by molar-refractivity contribution is 5.47. The number of aromatic amines is 1. The quantitative estimate of drug-likeness (QED) is 0.721. The molecule has 2 aliphatic rings. The van der Waals surface area contributed by atoms with Crippen LogP contribution in [-0.4, -0.2) is 19.9 Å². The molecule has 0 aromatic carbocycles. The zero-order valence-corrected chi connectivity index (χ0v) is 7.98. The molecule has 72 valence electrons. The lowest BCUT2D eigenvalue weighted by Crippen LogP contribution is -2.13. The Labute approximate surface area is 80.6 Å². The fraction of sp³-hybridized carbons (Fsp3) is 0.333. The van der Waals surface area contributed by atoms with Gasteiger partial charge in [0.25, 0.3) is 0 Å². The summed E-state index contributed by atoms with van der Waals surface area (Å²) in [7, 11) is 0. The fourth-order valence-electron chi connectivity index (χ4n) is 1.16. The van der Waals surface area contributed by atoms with Crippen LogP contribution in [0.2, 0.25) is 0 Å². The Hall–Kier alpha value is -1.78. The molecule has 0 bridgehead atoms. The van der Waals surface area contributed by atoms with Gasteiger partial charge in [0.15, 0.2) is 5.82 Å². The number of H-pyrrole nitrogens is 1. The molecule has 2 heterocycles. The number of nitrogens with one attached hydrogen (secondary N) is 1. The van der Waals surface area contributed by atoms with E-state index in [9.17, 15) is 4.79 Å². The molecule has 0 unspecified atom stereocenters. The van der Waals surface area contributed by atoms with E-state index in [1.165, 1.54) is 6.20 Å². The molecule has 0 atom stereocenters. The van der Waals surface area contributed by atoms with Crippen molar-refractivity contribution in [2.24, 2.45) is 0 Å². The fourth-order valence-corrected chi connectivity index (χ4v) is 1.16. The Kier molecular flexibility index (Phi) is 1.99. The summed E-state index contributed by atoms with van der Waals surface area (Å²) in [6.45, 7) is 4.09. The molecule has 0 amide bonds. The van der Waals surface area contributed by atoms with Gasteiger partial charge in [-0.05, 0) is 5.92 Å². The Bertz CT molecular complexity index is 477. The number of hydrogen-bond acceptors (Lipinski definition) is 4. The first-order chi connectivity index (χ1) is 6.66. The van der Waals surface area contributed by atoms with E-state index in [1.807, 2.05) is 13.8 Å². The second kappa shape index (κ2) is 3.17. The minimum Gasteiger partial charge on any atom is -0.343 e. The molecule has 5 nitrogen and oxygen atoms in total. The first-order valence-corrected chi connectivity index (χ1v) is 4.39. The number of fused-ring (bicyclic) bond motifs is 1. The van der Waals surface area contributed by atoms with E-state index in [4.69, 9.17) is 0 Å². The molecule has 0 saturated heterocycles. The summed E-state index contributed by atoms with van der Waals surface area (Å²) in [5.74, 6) is 0.817. The zero-order valence-electron chi connectivity index (χ0n) is 7.98. The van der Waals surface area contributed by atoms with E-state index in [1.54, 1.807) is 6.20 Å². The maximum atomic E-state index is 10.8. The van der Waals surface area contributed by atoms with Crippen molar-refractivity contribution in [2.75, 3.05) is 0 Å². The van der Waals surface area contributed by atoms with Gasteiger partial charge in [-0.15, -0.1) is 0 Å². The zero-order chi connectivity index (χ0) is 10.1. The maximum Gasteiger partial charge on any atom is 0.369 e. The van der Waals surface area contributed by atoms with E-state index in [0.29, 0.717) is 17.4 Å². The number of nitrogens with zero attached hydrogens (tertiary/aromatic N) is 3. The van der Waals surface area contributed by atoms with Crippen LogP contribution in [0.3, 0.4) is 0 Å². The lowest BCUT2D eigenvalue weighted by molar-refractivity contribution is 0.806. The summed E-state index contributed by atoms with van der Waals surface area (Å²) in [5, 5.41) is 0. The largest absolute Gasteiger partial charge is 0.369 e. The van der Waals surface area contributed by atoms with Crippen LogP contribution in [0.1, 0.15) is 25.5 Å². The molecule has 0 spiro atoms. The lowest BCUT2D eigenvalue weighted by atomic mass is 10.1. The van der Waals surface area contributed by atoms with Crippen molar-refractivity contribution in [1.82, 2.24) is 19.9 Å². The predicted octanol–water partition coefficient (Wildman–Crippen LogP) is 0.788. The molecular weight excluding hydrogens is 180 g/mol. The Morgan fingerprint density at radius 3 is 2.86 bits per heavy atom. The summed E-state index contributed by atoms with van der Waals surface area (Å²) in [6, 6.07) is 0. The van der Waals surface area contributed by atoms with Crippen LogP contribution in [0.4, 0.5) is 0 Å². The summed E-state index contributed by atoms with van der Waals surface area (Å²) in [5.41, 5.74) is 1.06. The van der Waals surface area contributed by atoms with Crippen molar-refractivity contribution in [3.05, 3.63) is 28.6 Å². The van der Waals surface area contributed by atoms with E-state index in [0.717, 1.165) is 5.69 Å². The van der Waals surface area contributed by atoms with Gasteiger partial charge in [0.2, 0.25) is 0 Å². The summed E-state index contributed by atoms with van der Waals surface area (Å²) in [4.78, 5) is 25.3. The molecule has 1 N–H and O–H groups in total. The minimum atomic E-state index is -0.493. The highest BCUT2D eigenvalue weighted by atomic mass is 16.1. The predicted molar refractivity (Wildman–Crippen MR) is 51.2 cm³/mol. The third-order valence-electron chi connectivity index (χ3n) is 1.95. The van der Waals surface area contributed by atoms with Crippen LogP contribution < -0.4 is 5.69 Å². The Balaban J connectivity index is 2.63. The SMILES string of the molecule is CC(C)c1c[nH]c2nc(=O)ncc-2n1. The second-order valence-electron chi connectivity index (χ2n) is 3.37. The van der Waals surface area contributed by atoms with Gasteiger partial charge in [-0.1, -0.05) is 13.8 Å².